The smallest absolute Gasteiger partial charge is 0.181 e. The molecule has 0 N–H and O–H groups in total. The van der Waals surface area contributed by atoms with Crippen molar-refractivity contribution in [1.82, 2.24) is 4.90 Å². The van der Waals surface area contributed by atoms with E-state index < -0.39 is 0 Å². The molecular formula is C18H21NO3. The zero-order chi connectivity index (χ0) is 15.4. The summed E-state index contributed by atoms with van der Waals surface area (Å²) in [5.74, 6) is 0.793. The van der Waals surface area contributed by atoms with E-state index in [0.717, 1.165) is 23.9 Å². The van der Waals surface area contributed by atoms with Crippen LogP contribution in [0.3, 0.4) is 0 Å². The lowest BCUT2D eigenvalue weighted by Crippen LogP contribution is -2.39. The number of carbonyl (C=O) groups is 1. The quantitative estimate of drug-likeness (QED) is 0.796. The van der Waals surface area contributed by atoms with Crippen LogP contribution >= 0.6 is 0 Å². The molecule has 2 aromatic carbocycles. The topological polar surface area (TPSA) is 38.8 Å². The highest BCUT2D eigenvalue weighted by atomic mass is 16.5. The molecule has 0 bridgehead atoms. The number of Topliss-reactive ketones (excluding diaryl/α,β-unsaturated/α-hetero) is 1. The van der Waals surface area contributed by atoms with Gasteiger partial charge in [0.15, 0.2) is 5.78 Å². The molecule has 0 radical (unpaired) electrons. The first-order valence-corrected chi connectivity index (χ1v) is 7.77. The van der Waals surface area contributed by atoms with Gasteiger partial charge in [-0.15, -0.1) is 0 Å². The third-order valence-electron chi connectivity index (χ3n) is 3.94. The van der Waals surface area contributed by atoms with Gasteiger partial charge in [0.05, 0.1) is 31.9 Å². The summed E-state index contributed by atoms with van der Waals surface area (Å²) in [5.41, 5.74) is 0.700. The minimum atomic E-state index is 0.113. The first-order chi connectivity index (χ1) is 10.8. The van der Waals surface area contributed by atoms with Crippen LogP contribution in [0, 0.1) is 0 Å². The Morgan fingerprint density at radius 3 is 2.73 bits per heavy atom. The number of hydrogen-bond acceptors (Lipinski definition) is 4. The Morgan fingerprint density at radius 2 is 1.95 bits per heavy atom. The van der Waals surface area contributed by atoms with Crippen LogP contribution in [0.15, 0.2) is 36.4 Å². The van der Waals surface area contributed by atoms with Crippen molar-refractivity contribution in [1.29, 1.82) is 0 Å². The molecule has 1 fully saturated rings. The fourth-order valence-electron chi connectivity index (χ4n) is 2.86. The minimum Gasteiger partial charge on any atom is -0.493 e. The van der Waals surface area contributed by atoms with E-state index in [2.05, 4.69) is 4.90 Å². The molecule has 0 aromatic heterocycles. The van der Waals surface area contributed by atoms with Gasteiger partial charge in [0, 0.05) is 13.1 Å². The molecule has 1 aliphatic rings. The van der Waals surface area contributed by atoms with Gasteiger partial charge in [-0.25, -0.2) is 0 Å². The fraction of sp³-hybridized carbons (Fsp3) is 0.389. The van der Waals surface area contributed by atoms with E-state index in [1.165, 1.54) is 0 Å². The monoisotopic (exact) mass is 299 g/mol. The average Bonchev–Trinajstić information content (AvgIpc) is 2.55. The second kappa shape index (κ2) is 6.90. The summed E-state index contributed by atoms with van der Waals surface area (Å²) >= 11 is 0. The number of ether oxygens (including phenoxy) is 2. The van der Waals surface area contributed by atoms with E-state index in [9.17, 15) is 4.79 Å². The molecular weight excluding hydrogens is 278 g/mol. The molecule has 4 heteroatoms. The zero-order valence-corrected chi connectivity index (χ0v) is 12.9. The van der Waals surface area contributed by atoms with Crippen molar-refractivity contribution in [2.45, 2.75) is 6.92 Å². The molecule has 3 rings (SSSR count). The molecule has 1 aliphatic heterocycles. The molecule has 0 aliphatic carbocycles. The third kappa shape index (κ3) is 3.13. The lowest BCUT2D eigenvalue weighted by Gasteiger charge is -2.26. The number of carbonyl (C=O) groups excluding carboxylic acids is 1. The summed E-state index contributed by atoms with van der Waals surface area (Å²) in [5, 5.41) is 2.03. The summed E-state index contributed by atoms with van der Waals surface area (Å²) < 4.78 is 11.0. The van der Waals surface area contributed by atoms with Crippen LogP contribution in [0.5, 0.6) is 5.75 Å². The van der Waals surface area contributed by atoms with Crippen molar-refractivity contribution >= 4 is 16.6 Å². The van der Waals surface area contributed by atoms with Gasteiger partial charge in [-0.05, 0) is 23.8 Å². The van der Waals surface area contributed by atoms with E-state index in [1.807, 2.05) is 43.3 Å². The van der Waals surface area contributed by atoms with Gasteiger partial charge in [-0.3, -0.25) is 9.69 Å². The van der Waals surface area contributed by atoms with Gasteiger partial charge in [0.2, 0.25) is 0 Å². The lowest BCUT2D eigenvalue weighted by atomic mass is 9.99. The summed E-state index contributed by atoms with van der Waals surface area (Å²) in [6, 6.07) is 11.9. The van der Waals surface area contributed by atoms with E-state index >= 15 is 0 Å². The first-order valence-electron chi connectivity index (χ1n) is 7.77. The van der Waals surface area contributed by atoms with Crippen molar-refractivity contribution in [2.24, 2.45) is 0 Å². The van der Waals surface area contributed by atoms with Crippen molar-refractivity contribution in [3.8, 4) is 5.75 Å². The van der Waals surface area contributed by atoms with Crippen LogP contribution in [-0.2, 0) is 4.74 Å². The number of ketones is 1. The van der Waals surface area contributed by atoms with Gasteiger partial charge in [-0.1, -0.05) is 30.3 Å². The summed E-state index contributed by atoms with van der Waals surface area (Å²) in [6.07, 6.45) is 0. The Labute approximate surface area is 130 Å². The van der Waals surface area contributed by atoms with Gasteiger partial charge >= 0.3 is 0 Å². The second-order valence-electron chi connectivity index (χ2n) is 5.40. The number of benzene rings is 2. The number of fused-ring (bicyclic) bond motifs is 1. The Kier molecular flexibility index (Phi) is 4.71. The number of nitrogens with zero attached hydrogens (tertiary/aromatic N) is 1. The molecule has 1 saturated heterocycles. The third-order valence-corrected chi connectivity index (χ3v) is 3.94. The van der Waals surface area contributed by atoms with Crippen LogP contribution in [0.4, 0.5) is 0 Å². The highest BCUT2D eigenvalue weighted by molar-refractivity contribution is 6.11. The van der Waals surface area contributed by atoms with E-state index in [0.29, 0.717) is 37.7 Å². The predicted octanol–water partition coefficient (Wildman–Crippen LogP) is 2.75. The minimum absolute atomic E-state index is 0.113. The van der Waals surface area contributed by atoms with Crippen LogP contribution in [0.25, 0.3) is 10.8 Å². The molecule has 22 heavy (non-hydrogen) atoms. The van der Waals surface area contributed by atoms with Crippen molar-refractivity contribution in [3.05, 3.63) is 42.0 Å². The average molecular weight is 299 g/mol. The Balaban J connectivity index is 1.95. The van der Waals surface area contributed by atoms with Crippen molar-refractivity contribution < 1.29 is 14.3 Å². The van der Waals surface area contributed by atoms with Crippen LogP contribution < -0.4 is 4.74 Å². The van der Waals surface area contributed by atoms with Gasteiger partial charge in [0.25, 0.3) is 0 Å². The first kappa shape index (κ1) is 15.0. The largest absolute Gasteiger partial charge is 0.493 e. The normalized spacial score (nSPS) is 15.9. The predicted molar refractivity (Wildman–Crippen MR) is 86.7 cm³/mol. The molecule has 0 spiro atoms. The second-order valence-corrected chi connectivity index (χ2v) is 5.40. The lowest BCUT2D eigenvalue weighted by molar-refractivity contribution is 0.0371. The molecule has 0 unspecified atom stereocenters. The molecule has 2 aromatic rings. The maximum absolute atomic E-state index is 12.9. The van der Waals surface area contributed by atoms with Crippen LogP contribution in [0.1, 0.15) is 17.3 Å². The Bertz CT molecular complexity index is 662. The highest BCUT2D eigenvalue weighted by Crippen LogP contribution is 2.29. The number of morpholine rings is 1. The van der Waals surface area contributed by atoms with Crippen molar-refractivity contribution in [3.63, 3.8) is 0 Å². The Hall–Kier alpha value is -1.91. The Morgan fingerprint density at radius 1 is 1.18 bits per heavy atom. The summed E-state index contributed by atoms with van der Waals surface area (Å²) in [6.45, 7) is 5.91. The fourth-order valence-corrected chi connectivity index (χ4v) is 2.86. The molecule has 0 atom stereocenters. The zero-order valence-electron chi connectivity index (χ0n) is 12.9. The van der Waals surface area contributed by atoms with E-state index in [-0.39, 0.29) is 5.78 Å². The highest BCUT2D eigenvalue weighted by Gasteiger charge is 2.20. The maximum Gasteiger partial charge on any atom is 0.181 e. The van der Waals surface area contributed by atoms with Gasteiger partial charge in [-0.2, -0.15) is 0 Å². The number of hydrogen-bond donors (Lipinski definition) is 0. The van der Waals surface area contributed by atoms with Gasteiger partial charge < -0.3 is 9.47 Å². The molecule has 4 nitrogen and oxygen atoms in total. The molecule has 116 valence electrons. The number of rotatable bonds is 5. The van der Waals surface area contributed by atoms with E-state index in [4.69, 9.17) is 9.47 Å². The SMILES string of the molecule is CCOc1ccc2ccccc2c1C(=O)CN1CCOCC1. The van der Waals surface area contributed by atoms with Crippen LogP contribution in [0.2, 0.25) is 0 Å². The van der Waals surface area contributed by atoms with Crippen molar-refractivity contribution in [2.75, 3.05) is 39.5 Å². The van der Waals surface area contributed by atoms with Gasteiger partial charge in [0.1, 0.15) is 5.75 Å². The standard InChI is InChI=1S/C18H21NO3/c1-2-22-17-8-7-14-5-3-4-6-15(14)18(17)16(20)13-19-9-11-21-12-10-19/h3-8H,2,9-13H2,1H3. The van der Waals surface area contributed by atoms with Crippen LogP contribution in [-0.4, -0.2) is 50.1 Å². The summed E-state index contributed by atoms with van der Waals surface area (Å²) in [7, 11) is 0. The molecule has 0 amide bonds. The van der Waals surface area contributed by atoms with E-state index in [1.54, 1.807) is 0 Å². The maximum atomic E-state index is 12.9. The molecule has 0 saturated carbocycles. The summed E-state index contributed by atoms with van der Waals surface area (Å²) in [4.78, 5) is 15.0. The molecule has 1 heterocycles.